The summed E-state index contributed by atoms with van der Waals surface area (Å²) >= 11 is 0. The number of aryl methyl sites for hydroxylation is 1. The molecule has 0 saturated heterocycles. The Balaban J connectivity index is 1.90. The highest BCUT2D eigenvalue weighted by Gasteiger charge is 2.43. The number of carbonyl (C=O) groups is 3. The van der Waals surface area contributed by atoms with Gasteiger partial charge in [-0.05, 0) is 50.1 Å². The first kappa shape index (κ1) is 25.9. The number of ketones is 1. The molecule has 1 aromatic carbocycles. The van der Waals surface area contributed by atoms with Gasteiger partial charge in [0.05, 0.1) is 24.7 Å². The standard InChI is InChI=1S/C27H31NO7/c1-6-33-24(30)18(25(31)34-7-2)12-13-28-20-14-19-21(35-26(20)32)15-27(4,5)22(23(19)29)17-10-8-16(3)9-11-17/h8-14,18,22,28H,6-7,15H2,1-5H3/b13-12+. The molecule has 0 aliphatic heterocycles. The summed E-state index contributed by atoms with van der Waals surface area (Å²) in [4.78, 5) is 50.4. The molecule has 8 heteroatoms. The summed E-state index contributed by atoms with van der Waals surface area (Å²) in [6.07, 6.45) is 2.94. The fraction of sp³-hybridized carbons (Fsp3) is 0.407. The first-order valence-electron chi connectivity index (χ1n) is 11.6. The van der Waals surface area contributed by atoms with E-state index in [4.69, 9.17) is 13.9 Å². The van der Waals surface area contributed by atoms with Crippen molar-refractivity contribution in [3.05, 3.63) is 75.5 Å². The quantitative estimate of drug-likeness (QED) is 0.442. The number of carbonyl (C=O) groups excluding carboxylic acids is 3. The Morgan fingerprint density at radius 2 is 1.71 bits per heavy atom. The minimum absolute atomic E-state index is 0.0159. The number of rotatable bonds is 8. The van der Waals surface area contributed by atoms with Crippen LogP contribution < -0.4 is 10.9 Å². The first-order valence-corrected chi connectivity index (χ1v) is 11.6. The highest BCUT2D eigenvalue weighted by molar-refractivity contribution is 6.04. The zero-order valence-electron chi connectivity index (χ0n) is 20.7. The summed E-state index contributed by atoms with van der Waals surface area (Å²) in [5.74, 6) is -3.01. The lowest BCUT2D eigenvalue weighted by atomic mass is 9.65. The van der Waals surface area contributed by atoms with Crippen molar-refractivity contribution in [2.45, 2.75) is 47.0 Å². The summed E-state index contributed by atoms with van der Waals surface area (Å²) in [6.45, 7) is 9.42. The van der Waals surface area contributed by atoms with Gasteiger partial charge in [-0.2, -0.15) is 0 Å². The summed E-state index contributed by atoms with van der Waals surface area (Å²) in [7, 11) is 0. The van der Waals surface area contributed by atoms with Gasteiger partial charge >= 0.3 is 17.6 Å². The van der Waals surface area contributed by atoms with Gasteiger partial charge in [0.1, 0.15) is 11.4 Å². The van der Waals surface area contributed by atoms with E-state index < -0.39 is 34.8 Å². The van der Waals surface area contributed by atoms with Crippen molar-refractivity contribution in [1.29, 1.82) is 0 Å². The van der Waals surface area contributed by atoms with Crippen molar-refractivity contribution in [1.82, 2.24) is 0 Å². The van der Waals surface area contributed by atoms with Crippen LogP contribution in [0.25, 0.3) is 0 Å². The third-order valence-corrected chi connectivity index (χ3v) is 5.97. The molecule has 0 fully saturated rings. The maximum Gasteiger partial charge on any atom is 0.359 e. The molecule has 1 N–H and O–H groups in total. The van der Waals surface area contributed by atoms with E-state index in [9.17, 15) is 19.2 Å². The van der Waals surface area contributed by atoms with Gasteiger partial charge in [-0.25, -0.2) is 4.79 Å². The average Bonchev–Trinajstić information content (AvgIpc) is 2.78. The number of hydrogen-bond donors (Lipinski definition) is 1. The predicted molar refractivity (Wildman–Crippen MR) is 130 cm³/mol. The van der Waals surface area contributed by atoms with E-state index in [1.165, 1.54) is 18.3 Å². The Morgan fingerprint density at radius 1 is 1.11 bits per heavy atom. The van der Waals surface area contributed by atoms with Crippen LogP contribution in [0.3, 0.4) is 0 Å². The third kappa shape index (κ3) is 5.70. The van der Waals surface area contributed by atoms with E-state index in [0.717, 1.165) is 11.1 Å². The van der Waals surface area contributed by atoms with E-state index in [2.05, 4.69) is 5.32 Å². The molecule has 1 aliphatic rings. The maximum absolute atomic E-state index is 13.6. The summed E-state index contributed by atoms with van der Waals surface area (Å²) in [6, 6.07) is 9.32. The van der Waals surface area contributed by atoms with Crippen LogP contribution in [0.1, 0.15) is 60.9 Å². The first-order chi connectivity index (χ1) is 16.6. The lowest BCUT2D eigenvalue weighted by Gasteiger charge is -2.37. The molecule has 35 heavy (non-hydrogen) atoms. The van der Waals surface area contributed by atoms with Crippen molar-refractivity contribution < 1.29 is 28.3 Å². The number of nitrogens with one attached hydrogen (secondary N) is 1. The molecular formula is C27H31NO7. The second kappa shape index (κ2) is 10.7. The number of Topliss-reactive ketones (excluding diaryl/α,β-unsaturated/α-hetero) is 1. The van der Waals surface area contributed by atoms with E-state index in [1.54, 1.807) is 13.8 Å². The zero-order valence-corrected chi connectivity index (χ0v) is 20.7. The number of esters is 2. The van der Waals surface area contributed by atoms with E-state index >= 15 is 0 Å². The number of hydrogen-bond acceptors (Lipinski definition) is 8. The number of fused-ring (bicyclic) bond motifs is 1. The van der Waals surface area contributed by atoms with Crippen LogP contribution in [0.2, 0.25) is 0 Å². The lowest BCUT2D eigenvalue weighted by Crippen LogP contribution is -2.37. The van der Waals surface area contributed by atoms with Gasteiger partial charge in [0.2, 0.25) is 0 Å². The van der Waals surface area contributed by atoms with Gasteiger partial charge in [-0.3, -0.25) is 14.4 Å². The maximum atomic E-state index is 13.6. The fourth-order valence-corrected chi connectivity index (χ4v) is 4.29. The van der Waals surface area contributed by atoms with Crippen LogP contribution in [0, 0.1) is 18.3 Å². The Hall–Kier alpha value is -3.68. The van der Waals surface area contributed by atoms with Crippen molar-refractivity contribution in [3.63, 3.8) is 0 Å². The summed E-state index contributed by atoms with van der Waals surface area (Å²) in [5, 5.41) is 2.74. The molecule has 2 aromatic rings. The smallest absolute Gasteiger partial charge is 0.359 e. The van der Waals surface area contributed by atoms with Crippen LogP contribution in [0.15, 0.2) is 51.8 Å². The molecule has 0 bridgehead atoms. The van der Waals surface area contributed by atoms with Gasteiger partial charge in [-0.15, -0.1) is 0 Å². The monoisotopic (exact) mass is 481 g/mol. The molecule has 3 rings (SSSR count). The molecule has 1 unspecified atom stereocenters. The third-order valence-electron chi connectivity index (χ3n) is 5.97. The summed E-state index contributed by atoms with van der Waals surface area (Å²) in [5.41, 5.74) is 1.25. The second-order valence-corrected chi connectivity index (χ2v) is 9.14. The molecule has 1 atom stereocenters. The van der Waals surface area contributed by atoms with E-state index in [0.29, 0.717) is 17.7 Å². The molecule has 0 saturated carbocycles. The molecule has 0 amide bonds. The Labute approximate surface area is 204 Å². The molecule has 1 aliphatic carbocycles. The molecule has 1 aromatic heterocycles. The molecule has 0 spiro atoms. The second-order valence-electron chi connectivity index (χ2n) is 9.14. The minimum Gasteiger partial charge on any atom is -0.465 e. The SMILES string of the molecule is CCOC(=O)C(/C=C/Nc1cc2c(oc1=O)CC(C)(C)C(c1ccc(C)cc1)C2=O)C(=O)OCC. The molecule has 0 radical (unpaired) electrons. The number of benzene rings is 1. The molecule has 8 nitrogen and oxygen atoms in total. The van der Waals surface area contributed by atoms with Gasteiger partial charge in [-0.1, -0.05) is 43.7 Å². The van der Waals surface area contributed by atoms with Gasteiger partial charge < -0.3 is 19.2 Å². The van der Waals surface area contributed by atoms with Crippen LogP contribution in [0.4, 0.5) is 5.69 Å². The van der Waals surface area contributed by atoms with Gasteiger partial charge in [0.25, 0.3) is 0 Å². The predicted octanol–water partition coefficient (Wildman–Crippen LogP) is 4.17. The topological polar surface area (TPSA) is 112 Å². The Kier molecular flexibility index (Phi) is 7.94. The van der Waals surface area contributed by atoms with E-state index in [1.807, 2.05) is 45.0 Å². The Morgan fingerprint density at radius 3 is 2.29 bits per heavy atom. The normalized spacial score (nSPS) is 16.7. The lowest BCUT2D eigenvalue weighted by molar-refractivity contribution is -0.158. The van der Waals surface area contributed by atoms with Crippen LogP contribution >= 0.6 is 0 Å². The molecular weight excluding hydrogens is 450 g/mol. The largest absolute Gasteiger partial charge is 0.465 e. The highest BCUT2D eigenvalue weighted by Crippen LogP contribution is 2.45. The zero-order chi connectivity index (χ0) is 25.8. The average molecular weight is 482 g/mol. The number of ether oxygens (including phenoxy) is 2. The fourth-order valence-electron chi connectivity index (χ4n) is 4.29. The van der Waals surface area contributed by atoms with Crippen LogP contribution in [-0.4, -0.2) is 30.9 Å². The number of anilines is 1. The van der Waals surface area contributed by atoms with E-state index in [-0.39, 0.29) is 24.7 Å². The molecule has 1 heterocycles. The summed E-state index contributed by atoms with van der Waals surface area (Å²) < 4.78 is 15.4. The molecule has 186 valence electrons. The van der Waals surface area contributed by atoms with Crippen LogP contribution in [0.5, 0.6) is 0 Å². The van der Waals surface area contributed by atoms with Crippen molar-refractivity contribution >= 4 is 23.4 Å². The van der Waals surface area contributed by atoms with Crippen molar-refractivity contribution in [2.24, 2.45) is 11.3 Å². The van der Waals surface area contributed by atoms with Crippen LogP contribution in [-0.2, 0) is 25.5 Å². The highest BCUT2D eigenvalue weighted by atomic mass is 16.6. The Bertz CT molecular complexity index is 1170. The van der Waals surface area contributed by atoms with Crippen molar-refractivity contribution in [2.75, 3.05) is 18.5 Å². The minimum atomic E-state index is -1.29. The van der Waals surface area contributed by atoms with Gasteiger partial charge in [0, 0.05) is 6.42 Å². The van der Waals surface area contributed by atoms with Crippen molar-refractivity contribution in [3.8, 4) is 0 Å². The van der Waals surface area contributed by atoms with Gasteiger partial charge in [0.15, 0.2) is 11.7 Å².